The lowest BCUT2D eigenvalue weighted by Gasteiger charge is -2.40. The molecule has 0 atom stereocenters. The number of likely N-dealkylation sites (tertiary alicyclic amines) is 2. The van der Waals surface area contributed by atoms with Crippen molar-refractivity contribution in [1.82, 2.24) is 9.80 Å². The van der Waals surface area contributed by atoms with E-state index in [-0.39, 0.29) is 5.91 Å². The van der Waals surface area contributed by atoms with Crippen molar-refractivity contribution in [2.75, 3.05) is 38.0 Å². The molecular weight excluding hydrogens is 465 g/mol. The van der Waals surface area contributed by atoms with Crippen LogP contribution in [0.15, 0.2) is 42.5 Å². The van der Waals surface area contributed by atoms with E-state index in [9.17, 15) is 23.2 Å². The maximum Gasteiger partial charge on any atom is 0.416 e. The average Bonchev–Trinajstić information content (AvgIpc) is 2.89. The number of benzene rings is 2. The van der Waals surface area contributed by atoms with Gasteiger partial charge < -0.3 is 15.1 Å². The van der Waals surface area contributed by atoms with Crippen LogP contribution in [0.1, 0.15) is 56.1 Å². The molecule has 2 saturated heterocycles. The van der Waals surface area contributed by atoms with Crippen LogP contribution < -0.4 is 5.32 Å². The fourth-order valence-electron chi connectivity index (χ4n) is 5.28. The maximum atomic E-state index is 12.8. The summed E-state index contributed by atoms with van der Waals surface area (Å²) in [4.78, 5) is 17.6. The number of hydrogen-bond donors (Lipinski definition) is 1. The molecule has 2 heterocycles. The van der Waals surface area contributed by atoms with Crippen molar-refractivity contribution in [2.45, 2.75) is 57.2 Å². The van der Waals surface area contributed by atoms with Gasteiger partial charge in [-0.1, -0.05) is 24.6 Å². The second kappa shape index (κ2) is 11.9. The zero-order chi connectivity index (χ0) is 25.5. The molecule has 8 heteroatoms. The summed E-state index contributed by atoms with van der Waals surface area (Å²) in [6.45, 7) is 5.54. The van der Waals surface area contributed by atoms with Gasteiger partial charge in [0.15, 0.2) is 0 Å². The van der Waals surface area contributed by atoms with Crippen LogP contribution in [0.25, 0.3) is 11.1 Å². The number of anilines is 1. The van der Waals surface area contributed by atoms with E-state index >= 15 is 0 Å². The summed E-state index contributed by atoms with van der Waals surface area (Å²) >= 11 is 0. The molecule has 0 unspecified atom stereocenters. The Balaban J connectivity index is 1.24. The van der Waals surface area contributed by atoms with E-state index < -0.39 is 11.7 Å². The fourth-order valence-corrected chi connectivity index (χ4v) is 5.28. The van der Waals surface area contributed by atoms with Crippen molar-refractivity contribution in [2.24, 2.45) is 0 Å². The molecule has 0 spiro atoms. The molecule has 192 valence electrons. The van der Waals surface area contributed by atoms with Crippen molar-refractivity contribution < 1.29 is 18.0 Å². The molecule has 0 aromatic heterocycles. The molecule has 0 radical (unpaired) electrons. The van der Waals surface area contributed by atoms with E-state index in [1.165, 1.54) is 57.3 Å². The molecule has 0 bridgehead atoms. The summed E-state index contributed by atoms with van der Waals surface area (Å²) in [7, 11) is 0. The Hall–Kier alpha value is -2.89. The van der Waals surface area contributed by atoms with Gasteiger partial charge in [-0.15, -0.1) is 0 Å². The molecule has 5 nitrogen and oxygen atoms in total. The van der Waals surface area contributed by atoms with E-state index in [0.29, 0.717) is 34.8 Å². The number of carbonyl (C=O) groups is 1. The van der Waals surface area contributed by atoms with Gasteiger partial charge in [0.2, 0.25) is 5.91 Å². The first-order chi connectivity index (χ1) is 17.3. The Labute approximate surface area is 210 Å². The van der Waals surface area contributed by atoms with Crippen LogP contribution in [0.4, 0.5) is 18.9 Å². The van der Waals surface area contributed by atoms with E-state index in [2.05, 4.69) is 21.2 Å². The third kappa shape index (κ3) is 6.86. The molecule has 0 aliphatic carbocycles. The minimum Gasteiger partial charge on any atom is -0.326 e. The molecule has 1 N–H and O–H groups in total. The maximum absolute atomic E-state index is 12.8. The number of rotatable bonds is 7. The monoisotopic (exact) mass is 498 g/mol. The first-order valence-electron chi connectivity index (χ1n) is 12.8. The van der Waals surface area contributed by atoms with Crippen molar-refractivity contribution in [3.8, 4) is 17.2 Å². The Morgan fingerprint density at radius 3 is 2.33 bits per heavy atom. The quantitative estimate of drug-likeness (QED) is 0.515. The summed E-state index contributed by atoms with van der Waals surface area (Å²) in [5, 5.41) is 12.4. The molecule has 2 aliphatic heterocycles. The molecule has 2 fully saturated rings. The zero-order valence-electron chi connectivity index (χ0n) is 20.5. The number of carbonyl (C=O) groups excluding carboxylic acids is 1. The van der Waals surface area contributed by atoms with Crippen LogP contribution in [-0.4, -0.2) is 54.5 Å². The Morgan fingerprint density at radius 2 is 1.69 bits per heavy atom. The van der Waals surface area contributed by atoms with Gasteiger partial charge in [-0.2, -0.15) is 18.4 Å². The summed E-state index contributed by atoms with van der Waals surface area (Å²) in [5.74, 6) is -0.107. The summed E-state index contributed by atoms with van der Waals surface area (Å²) in [6, 6.07) is 12.4. The highest BCUT2D eigenvalue weighted by atomic mass is 19.4. The Bertz CT molecular complexity index is 1060. The molecule has 4 rings (SSSR count). The van der Waals surface area contributed by atoms with Crippen molar-refractivity contribution in [1.29, 1.82) is 5.26 Å². The topological polar surface area (TPSA) is 59.4 Å². The summed E-state index contributed by atoms with van der Waals surface area (Å²) < 4.78 is 38.5. The van der Waals surface area contributed by atoms with Crippen LogP contribution in [0.3, 0.4) is 0 Å². The van der Waals surface area contributed by atoms with Crippen LogP contribution >= 0.6 is 0 Å². The van der Waals surface area contributed by atoms with Crippen molar-refractivity contribution in [3.05, 3.63) is 53.6 Å². The van der Waals surface area contributed by atoms with Gasteiger partial charge in [-0.25, -0.2) is 0 Å². The first kappa shape index (κ1) is 26.2. The number of halogens is 3. The number of nitrogens with zero attached hydrogens (tertiary/aromatic N) is 3. The molecule has 2 aromatic carbocycles. The fraction of sp³-hybridized carbons (Fsp3) is 0.500. The number of alkyl halides is 3. The van der Waals surface area contributed by atoms with E-state index in [4.69, 9.17) is 0 Å². The molecule has 36 heavy (non-hydrogen) atoms. The zero-order valence-corrected chi connectivity index (χ0v) is 20.5. The van der Waals surface area contributed by atoms with Crippen molar-refractivity contribution >= 4 is 11.6 Å². The van der Waals surface area contributed by atoms with E-state index in [1.807, 2.05) is 0 Å². The normalized spacial score (nSPS) is 18.1. The summed E-state index contributed by atoms with van der Waals surface area (Å²) in [5.41, 5.74) is 1.11. The van der Waals surface area contributed by atoms with Gasteiger partial charge in [0.05, 0.1) is 17.2 Å². The summed E-state index contributed by atoms with van der Waals surface area (Å²) in [6.07, 6.45) is 3.17. The van der Waals surface area contributed by atoms with Crippen molar-refractivity contribution in [3.63, 3.8) is 0 Å². The SMILES string of the molecule is N#Cc1cc(NC(=O)CCCN2CCC(N3CCCCC3)CC2)ccc1-c1ccc(C(F)(F)F)cc1. The molecule has 2 aliphatic rings. The first-order valence-corrected chi connectivity index (χ1v) is 12.8. The number of piperidine rings is 2. The molecule has 0 saturated carbocycles. The van der Waals surface area contributed by atoms with Crippen LogP contribution in [-0.2, 0) is 11.0 Å². The minimum atomic E-state index is -4.41. The third-order valence-corrected chi connectivity index (χ3v) is 7.29. The van der Waals surface area contributed by atoms with Crippen LogP contribution in [0.5, 0.6) is 0 Å². The number of nitriles is 1. The average molecular weight is 499 g/mol. The van der Waals surface area contributed by atoms with E-state index in [0.717, 1.165) is 38.2 Å². The minimum absolute atomic E-state index is 0.107. The predicted octanol–water partition coefficient (Wildman–Crippen LogP) is 5.91. The van der Waals surface area contributed by atoms with Gasteiger partial charge in [-0.05, 0) is 100 Å². The van der Waals surface area contributed by atoms with Gasteiger partial charge in [0, 0.05) is 18.2 Å². The molecular formula is C28H33F3N4O. The number of nitrogens with one attached hydrogen (secondary N) is 1. The Kier molecular flexibility index (Phi) is 8.65. The lowest BCUT2D eigenvalue weighted by atomic mass is 9.98. The highest BCUT2D eigenvalue weighted by Crippen LogP contribution is 2.32. The second-order valence-electron chi connectivity index (χ2n) is 9.77. The third-order valence-electron chi connectivity index (χ3n) is 7.29. The Morgan fingerprint density at radius 1 is 1.00 bits per heavy atom. The van der Waals surface area contributed by atoms with E-state index in [1.54, 1.807) is 18.2 Å². The lowest BCUT2D eigenvalue weighted by molar-refractivity contribution is -0.137. The smallest absolute Gasteiger partial charge is 0.326 e. The van der Waals surface area contributed by atoms with Crippen LogP contribution in [0, 0.1) is 11.3 Å². The predicted molar refractivity (Wildman–Crippen MR) is 134 cm³/mol. The number of amides is 1. The van der Waals surface area contributed by atoms with Gasteiger partial charge >= 0.3 is 6.18 Å². The molecule has 1 amide bonds. The van der Waals surface area contributed by atoms with Gasteiger partial charge in [-0.3, -0.25) is 4.79 Å². The van der Waals surface area contributed by atoms with Crippen LogP contribution in [0.2, 0.25) is 0 Å². The highest BCUT2D eigenvalue weighted by Gasteiger charge is 2.30. The lowest BCUT2D eigenvalue weighted by Crippen LogP contribution is -2.46. The second-order valence-corrected chi connectivity index (χ2v) is 9.77. The number of hydrogen-bond acceptors (Lipinski definition) is 4. The largest absolute Gasteiger partial charge is 0.416 e. The molecule has 2 aromatic rings. The highest BCUT2D eigenvalue weighted by molar-refractivity contribution is 5.91. The van der Waals surface area contributed by atoms with Gasteiger partial charge in [0.1, 0.15) is 0 Å². The standard InChI is InChI=1S/C28H33F3N4O/c29-28(30,31)23-8-6-21(7-9-23)26-11-10-24(19-22(26)20-32)33-27(36)5-4-14-34-17-12-25(13-18-34)35-15-2-1-3-16-35/h6-11,19,25H,1-5,12-18H2,(H,33,36). The van der Waals surface area contributed by atoms with Gasteiger partial charge in [0.25, 0.3) is 0 Å².